The highest BCUT2D eigenvalue weighted by Crippen LogP contribution is 2.27. The molecule has 0 aromatic rings. The topological polar surface area (TPSA) is 41.6 Å². The van der Waals surface area contributed by atoms with Gasteiger partial charge in [-0.3, -0.25) is 4.79 Å². The minimum Gasteiger partial charge on any atom is -0.465 e. The second kappa shape index (κ2) is 8.14. The van der Waals surface area contributed by atoms with Crippen molar-refractivity contribution in [3.05, 3.63) is 0 Å². The van der Waals surface area contributed by atoms with Crippen LogP contribution in [0, 0.1) is 5.41 Å². The number of carbonyl (C=O) groups is 1. The molecule has 126 valence electrons. The van der Waals surface area contributed by atoms with E-state index in [0.29, 0.717) is 12.6 Å². The number of rotatable bonds is 8. The van der Waals surface area contributed by atoms with Crippen LogP contribution in [0.4, 0.5) is 0 Å². The molecule has 0 aliphatic rings. The van der Waals surface area contributed by atoms with Gasteiger partial charge in [0.25, 0.3) is 0 Å². The lowest BCUT2D eigenvalue weighted by Gasteiger charge is -2.41. The Morgan fingerprint density at radius 3 is 2.10 bits per heavy atom. The molecule has 0 aliphatic carbocycles. The molecule has 4 heteroatoms. The molecule has 0 saturated carbocycles. The summed E-state index contributed by atoms with van der Waals surface area (Å²) in [6.45, 7) is 18.1. The molecule has 21 heavy (non-hydrogen) atoms. The van der Waals surface area contributed by atoms with Crippen LogP contribution >= 0.6 is 0 Å². The largest absolute Gasteiger partial charge is 0.465 e. The van der Waals surface area contributed by atoms with Gasteiger partial charge in [-0.1, -0.05) is 27.7 Å². The Bertz CT molecular complexity index is 325. The molecule has 0 spiro atoms. The summed E-state index contributed by atoms with van der Waals surface area (Å²) in [5.74, 6) is -0.157. The van der Waals surface area contributed by atoms with Gasteiger partial charge in [-0.25, -0.2) is 0 Å². The number of likely N-dealkylation sites (N-methyl/N-ethyl adjacent to an activating group) is 1. The first-order valence-corrected chi connectivity index (χ1v) is 8.13. The fourth-order valence-electron chi connectivity index (χ4n) is 2.64. The van der Waals surface area contributed by atoms with E-state index in [0.717, 1.165) is 13.0 Å². The SMILES string of the molecule is CCNC(C)(CC(C)N(C)C(C)C(C)(C)C)C(=O)OCC. The van der Waals surface area contributed by atoms with E-state index < -0.39 is 5.54 Å². The van der Waals surface area contributed by atoms with Crippen molar-refractivity contribution in [2.45, 2.75) is 79.4 Å². The molecular formula is C17H36N2O2. The highest BCUT2D eigenvalue weighted by Gasteiger charge is 2.37. The zero-order chi connectivity index (χ0) is 16.8. The molecule has 0 heterocycles. The fourth-order valence-corrected chi connectivity index (χ4v) is 2.64. The Labute approximate surface area is 131 Å². The monoisotopic (exact) mass is 300 g/mol. The van der Waals surface area contributed by atoms with Gasteiger partial charge in [-0.2, -0.15) is 0 Å². The van der Waals surface area contributed by atoms with E-state index in [4.69, 9.17) is 4.74 Å². The third-order valence-electron chi connectivity index (χ3n) is 4.56. The number of hydrogen-bond donors (Lipinski definition) is 1. The second-order valence-electron chi connectivity index (χ2n) is 7.34. The van der Waals surface area contributed by atoms with Crippen LogP contribution in [0.3, 0.4) is 0 Å². The van der Waals surface area contributed by atoms with Gasteiger partial charge in [0.1, 0.15) is 5.54 Å². The average Bonchev–Trinajstić information content (AvgIpc) is 2.36. The Morgan fingerprint density at radius 2 is 1.71 bits per heavy atom. The third kappa shape index (κ3) is 5.95. The summed E-state index contributed by atoms with van der Waals surface area (Å²) >= 11 is 0. The minimum atomic E-state index is -0.629. The maximum atomic E-state index is 12.3. The summed E-state index contributed by atoms with van der Waals surface area (Å²) in [5, 5.41) is 3.31. The maximum absolute atomic E-state index is 12.3. The number of hydrogen-bond acceptors (Lipinski definition) is 4. The van der Waals surface area contributed by atoms with E-state index in [1.165, 1.54) is 0 Å². The standard InChI is InChI=1S/C17H36N2O2/c1-10-18-17(8,15(20)21-11-2)12-13(3)19(9)14(4)16(5,6)7/h13-14,18H,10-12H2,1-9H3. The molecule has 1 N–H and O–H groups in total. The van der Waals surface area contributed by atoms with Crippen LogP contribution in [0.2, 0.25) is 0 Å². The zero-order valence-corrected chi connectivity index (χ0v) is 15.5. The number of nitrogens with one attached hydrogen (secondary N) is 1. The molecule has 0 amide bonds. The molecule has 0 radical (unpaired) electrons. The number of nitrogens with zero attached hydrogens (tertiary/aromatic N) is 1. The first-order valence-electron chi connectivity index (χ1n) is 8.13. The molecule has 3 unspecified atom stereocenters. The van der Waals surface area contributed by atoms with Crippen molar-refractivity contribution >= 4 is 5.97 Å². The summed E-state index contributed by atoms with van der Waals surface area (Å²) in [5.41, 5.74) is -0.419. The summed E-state index contributed by atoms with van der Waals surface area (Å²) in [6.07, 6.45) is 0.733. The van der Waals surface area contributed by atoms with Crippen LogP contribution in [-0.2, 0) is 9.53 Å². The number of ether oxygens (including phenoxy) is 1. The van der Waals surface area contributed by atoms with Crippen molar-refractivity contribution in [2.75, 3.05) is 20.2 Å². The van der Waals surface area contributed by atoms with Gasteiger partial charge in [-0.15, -0.1) is 0 Å². The van der Waals surface area contributed by atoms with Crippen molar-refractivity contribution in [1.29, 1.82) is 0 Å². The van der Waals surface area contributed by atoms with E-state index in [2.05, 4.69) is 51.9 Å². The molecule has 0 saturated heterocycles. The fraction of sp³-hybridized carbons (Fsp3) is 0.941. The van der Waals surface area contributed by atoms with E-state index in [-0.39, 0.29) is 17.4 Å². The highest BCUT2D eigenvalue weighted by atomic mass is 16.5. The molecule has 0 aliphatic heterocycles. The molecule has 0 fully saturated rings. The molecule has 4 nitrogen and oxygen atoms in total. The maximum Gasteiger partial charge on any atom is 0.326 e. The van der Waals surface area contributed by atoms with Crippen LogP contribution in [0.15, 0.2) is 0 Å². The minimum absolute atomic E-state index is 0.157. The third-order valence-corrected chi connectivity index (χ3v) is 4.56. The Balaban J connectivity index is 4.97. The van der Waals surface area contributed by atoms with Crippen molar-refractivity contribution in [3.8, 4) is 0 Å². The zero-order valence-electron chi connectivity index (χ0n) is 15.5. The second-order valence-corrected chi connectivity index (χ2v) is 7.34. The summed E-state index contributed by atoms with van der Waals surface area (Å²) in [7, 11) is 2.14. The van der Waals surface area contributed by atoms with Gasteiger partial charge in [0.05, 0.1) is 6.61 Å². The Hall–Kier alpha value is -0.610. The van der Waals surface area contributed by atoms with Crippen LogP contribution < -0.4 is 5.32 Å². The summed E-state index contributed by atoms with van der Waals surface area (Å²) in [4.78, 5) is 14.6. The van der Waals surface area contributed by atoms with E-state index in [9.17, 15) is 4.79 Å². The lowest BCUT2D eigenvalue weighted by Crippen LogP contribution is -2.55. The van der Waals surface area contributed by atoms with Gasteiger partial charge in [0.15, 0.2) is 0 Å². The van der Waals surface area contributed by atoms with Gasteiger partial charge >= 0.3 is 5.97 Å². The molecule has 0 rings (SSSR count). The van der Waals surface area contributed by atoms with Gasteiger partial charge < -0.3 is 15.0 Å². The summed E-state index contributed by atoms with van der Waals surface area (Å²) < 4.78 is 5.25. The predicted molar refractivity (Wildman–Crippen MR) is 89.5 cm³/mol. The first kappa shape index (κ1) is 20.4. The number of esters is 1. The van der Waals surface area contributed by atoms with Gasteiger partial charge in [-0.05, 0) is 53.1 Å². The smallest absolute Gasteiger partial charge is 0.326 e. The summed E-state index contributed by atoms with van der Waals surface area (Å²) in [6, 6.07) is 0.716. The lowest BCUT2D eigenvalue weighted by molar-refractivity contribution is -0.151. The van der Waals surface area contributed by atoms with Crippen LogP contribution in [-0.4, -0.2) is 48.7 Å². The first-order chi connectivity index (χ1) is 9.49. The van der Waals surface area contributed by atoms with E-state index in [1.54, 1.807) is 0 Å². The number of carbonyl (C=O) groups excluding carboxylic acids is 1. The lowest BCUT2D eigenvalue weighted by atomic mass is 9.85. The quantitative estimate of drug-likeness (QED) is 0.700. The van der Waals surface area contributed by atoms with Crippen LogP contribution in [0.5, 0.6) is 0 Å². The molecular weight excluding hydrogens is 264 g/mol. The highest BCUT2D eigenvalue weighted by molar-refractivity contribution is 5.80. The molecule has 3 atom stereocenters. The Morgan fingerprint density at radius 1 is 1.19 bits per heavy atom. The Kier molecular flexibility index (Phi) is 7.90. The van der Waals surface area contributed by atoms with Crippen LogP contribution in [0.1, 0.15) is 61.8 Å². The van der Waals surface area contributed by atoms with Gasteiger partial charge in [0, 0.05) is 12.1 Å². The molecule has 0 bridgehead atoms. The van der Waals surface area contributed by atoms with Crippen molar-refractivity contribution in [3.63, 3.8) is 0 Å². The normalized spacial score (nSPS) is 18.2. The van der Waals surface area contributed by atoms with Crippen molar-refractivity contribution < 1.29 is 9.53 Å². The average molecular weight is 300 g/mol. The van der Waals surface area contributed by atoms with Crippen LogP contribution in [0.25, 0.3) is 0 Å². The van der Waals surface area contributed by atoms with Crippen molar-refractivity contribution in [1.82, 2.24) is 10.2 Å². The van der Waals surface area contributed by atoms with E-state index >= 15 is 0 Å². The van der Waals surface area contributed by atoms with Crippen molar-refractivity contribution in [2.24, 2.45) is 5.41 Å². The van der Waals surface area contributed by atoms with Gasteiger partial charge in [0.2, 0.25) is 0 Å². The van der Waals surface area contributed by atoms with E-state index in [1.807, 2.05) is 20.8 Å². The molecule has 0 aromatic heterocycles. The predicted octanol–water partition coefficient (Wildman–Crippen LogP) is 3.06. The molecule has 0 aromatic carbocycles.